The Kier molecular flexibility index (Phi) is 6.52. The predicted molar refractivity (Wildman–Crippen MR) is 106 cm³/mol. The lowest BCUT2D eigenvalue weighted by atomic mass is 9.96. The Morgan fingerprint density at radius 1 is 1.18 bits per heavy atom. The zero-order valence-electron chi connectivity index (χ0n) is 16.5. The number of allylic oxidation sites excluding steroid dienone is 2. The van der Waals surface area contributed by atoms with Gasteiger partial charge < -0.3 is 15.2 Å². The van der Waals surface area contributed by atoms with Crippen molar-refractivity contribution in [2.24, 2.45) is 0 Å². The highest BCUT2D eigenvalue weighted by molar-refractivity contribution is 5.79. The standard InChI is InChI=1S/C22H29N3O3/c1-2-3-15-25(21(26)23-20-12-8-5-9-13-20)16-14-19(17-24(25)22(27)28)18-10-6-4-7-11-18/h4,6-7,10-11,14,16-17,20H,2-3,5,8-9,12-13,15H2,1H3,(H-,23,26,27,28). The van der Waals surface area contributed by atoms with Crippen LogP contribution in [0.15, 0.2) is 48.8 Å². The van der Waals surface area contributed by atoms with Crippen LogP contribution < -0.4 is 10.4 Å². The van der Waals surface area contributed by atoms with Crippen LogP contribution in [0.1, 0.15) is 57.4 Å². The summed E-state index contributed by atoms with van der Waals surface area (Å²) < 4.78 is -0.414. The molecule has 1 aromatic rings. The second-order valence-electron chi connectivity index (χ2n) is 7.56. The number of nitrogens with one attached hydrogen (secondary N) is 1. The predicted octanol–water partition coefficient (Wildman–Crippen LogP) is 3.77. The van der Waals surface area contributed by atoms with E-state index >= 15 is 0 Å². The van der Waals surface area contributed by atoms with Gasteiger partial charge in [-0.2, -0.15) is 5.01 Å². The van der Waals surface area contributed by atoms with Gasteiger partial charge in [0.2, 0.25) is 0 Å². The molecule has 6 nitrogen and oxygen atoms in total. The second-order valence-corrected chi connectivity index (χ2v) is 7.56. The fourth-order valence-corrected chi connectivity index (χ4v) is 3.93. The smallest absolute Gasteiger partial charge is 0.446 e. The highest BCUT2D eigenvalue weighted by atomic mass is 16.4. The van der Waals surface area contributed by atoms with E-state index in [-0.39, 0.29) is 12.1 Å². The minimum Gasteiger partial charge on any atom is -0.526 e. The molecule has 0 spiro atoms. The van der Waals surface area contributed by atoms with Crippen LogP contribution in [0.2, 0.25) is 0 Å². The molecule has 1 unspecified atom stereocenters. The normalized spacial score (nSPS) is 22.6. The van der Waals surface area contributed by atoms with Gasteiger partial charge in [-0.3, -0.25) is 0 Å². The summed E-state index contributed by atoms with van der Waals surface area (Å²) in [6.07, 6.45) is 10.5. The van der Waals surface area contributed by atoms with Gasteiger partial charge in [-0.1, -0.05) is 62.9 Å². The van der Waals surface area contributed by atoms with Crippen molar-refractivity contribution in [1.29, 1.82) is 0 Å². The van der Waals surface area contributed by atoms with Crippen molar-refractivity contribution in [3.05, 3.63) is 54.4 Å². The van der Waals surface area contributed by atoms with Crippen molar-refractivity contribution in [1.82, 2.24) is 10.3 Å². The highest BCUT2D eigenvalue weighted by Gasteiger charge is 2.44. The zero-order valence-corrected chi connectivity index (χ0v) is 16.5. The number of nitrogens with zero attached hydrogens (tertiary/aromatic N) is 2. The first-order valence-corrected chi connectivity index (χ1v) is 10.2. The molecule has 1 saturated carbocycles. The highest BCUT2D eigenvalue weighted by Crippen LogP contribution is 2.29. The van der Waals surface area contributed by atoms with E-state index in [4.69, 9.17) is 0 Å². The number of hydrogen-bond donors (Lipinski definition) is 1. The first kappa shape index (κ1) is 20.1. The summed E-state index contributed by atoms with van der Waals surface area (Å²) in [6.45, 7) is 2.40. The topological polar surface area (TPSA) is 72.5 Å². The van der Waals surface area contributed by atoms with Crippen molar-refractivity contribution < 1.29 is 19.3 Å². The van der Waals surface area contributed by atoms with Crippen molar-refractivity contribution >= 4 is 17.7 Å². The number of amides is 3. The average Bonchev–Trinajstić information content (AvgIpc) is 2.73. The molecular formula is C22H29N3O3. The van der Waals surface area contributed by atoms with Gasteiger partial charge >= 0.3 is 6.03 Å². The maximum Gasteiger partial charge on any atom is 0.446 e. The molecule has 150 valence electrons. The van der Waals surface area contributed by atoms with Crippen LogP contribution in [0.25, 0.3) is 5.57 Å². The van der Waals surface area contributed by atoms with E-state index in [1.807, 2.05) is 43.3 Å². The summed E-state index contributed by atoms with van der Waals surface area (Å²) in [5, 5.41) is 16.2. The van der Waals surface area contributed by atoms with E-state index in [0.29, 0.717) is 6.54 Å². The van der Waals surface area contributed by atoms with E-state index in [0.717, 1.165) is 54.7 Å². The van der Waals surface area contributed by atoms with Crippen molar-refractivity contribution in [3.63, 3.8) is 0 Å². The van der Waals surface area contributed by atoms with Crippen LogP contribution in [0.3, 0.4) is 0 Å². The molecule has 0 radical (unpaired) electrons. The molecule has 1 heterocycles. The Morgan fingerprint density at radius 3 is 2.54 bits per heavy atom. The summed E-state index contributed by atoms with van der Waals surface area (Å²) in [4.78, 5) is 25.3. The monoisotopic (exact) mass is 383 g/mol. The first-order valence-electron chi connectivity index (χ1n) is 10.2. The molecule has 1 atom stereocenters. The van der Waals surface area contributed by atoms with Crippen LogP contribution in [-0.4, -0.2) is 34.3 Å². The molecule has 1 aromatic carbocycles. The van der Waals surface area contributed by atoms with Crippen LogP contribution in [-0.2, 0) is 0 Å². The third-order valence-corrected chi connectivity index (χ3v) is 5.58. The number of carboxylic acid groups (broad SMARTS) is 1. The SMILES string of the molecule is CCCC[N+]1(C(=O)NC2CCCCC2)C=CC(c2ccccc2)=CN1C(=O)[O-]. The van der Waals surface area contributed by atoms with Gasteiger partial charge in [0.05, 0.1) is 6.20 Å². The number of hydrogen-bond acceptors (Lipinski definition) is 3. The number of unbranched alkanes of at least 4 members (excludes halogenated alkanes) is 1. The van der Waals surface area contributed by atoms with E-state index in [2.05, 4.69) is 5.32 Å². The minimum atomic E-state index is -1.38. The van der Waals surface area contributed by atoms with Crippen molar-refractivity contribution in [2.45, 2.75) is 57.9 Å². The van der Waals surface area contributed by atoms with Gasteiger partial charge in [-0.25, -0.2) is 4.79 Å². The average molecular weight is 383 g/mol. The Morgan fingerprint density at radius 2 is 1.89 bits per heavy atom. The van der Waals surface area contributed by atoms with E-state index < -0.39 is 10.7 Å². The van der Waals surface area contributed by atoms with Gasteiger partial charge in [0.25, 0.3) is 0 Å². The summed E-state index contributed by atoms with van der Waals surface area (Å²) in [5.74, 6) is 0. The zero-order chi connectivity index (χ0) is 20.0. The molecule has 0 saturated heterocycles. The van der Waals surface area contributed by atoms with Crippen LogP contribution in [0, 0.1) is 0 Å². The Hall–Kier alpha value is -2.60. The Balaban J connectivity index is 1.91. The Bertz CT molecular complexity index is 754. The van der Waals surface area contributed by atoms with Gasteiger partial charge in [0.1, 0.15) is 12.7 Å². The molecule has 3 amide bonds. The molecule has 28 heavy (non-hydrogen) atoms. The van der Waals surface area contributed by atoms with E-state index in [1.165, 1.54) is 12.6 Å². The summed E-state index contributed by atoms with van der Waals surface area (Å²) >= 11 is 0. The summed E-state index contributed by atoms with van der Waals surface area (Å²) in [6, 6.07) is 9.34. The number of carbonyl (C=O) groups excluding carboxylic acids is 2. The third-order valence-electron chi connectivity index (χ3n) is 5.58. The quantitative estimate of drug-likeness (QED) is 0.787. The van der Waals surface area contributed by atoms with Crippen LogP contribution in [0.5, 0.6) is 0 Å². The Labute approximate surface area is 166 Å². The molecular weight excluding hydrogens is 354 g/mol. The molecule has 1 aliphatic heterocycles. The number of benzene rings is 1. The molecule has 0 aromatic heterocycles. The third kappa shape index (κ3) is 4.28. The first-order chi connectivity index (χ1) is 13.6. The fraction of sp³-hybridized carbons (Fsp3) is 0.455. The van der Waals surface area contributed by atoms with Crippen LogP contribution >= 0.6 is 0 Å². The maximum absolute atomic E-state index is 13.3. The van der Waals surface area contributed by atoms with Gasteiger partial charge in [-0.05, 0) is 24.8 Å². The number of quaternary nitrogens is 1. The number of carbonyl (C=O) groups is 2. The van der Waals surface area contributed by atoms with E-state index in [1.54, 1.807) is 6.20 Å². The number of rotatable bonds is 5. The molecule has 1 N–H and O–H groups in total. The largest absolute Gasteiger partial charge is 0.526 e. The van der Waals surface area contributed by atoms with Crippen molar-refractivity contribution in [2.75, 3.05) is 6.54 Å². The molecule has 6 heteroatoms. The van der Waals surface area contributed by atoms with Crippen molar-refractivity contribution in [3.8, 4) is 0 Å². The molecule has 1 aliphatic carbocycles. The van der Waals surface area contributed by atoms with E-state index in [9.17, 15) is 14.7 Å². The lowest BCUT2D eigenvalue weighted by molar-refractivity contribution is -0.904. The summed E-state index contributed by atoms with van der Waals surface area (Å²) in [5.41, 5.74) is 1.63. The lowest BCUT2D eigenvalue weighted by Gasteiger charge is -2.42. The maximum atomic E-state index is 13.3. The second kappa shape index (κ2) is 9.06. The van der Waals surface area contributed by atoms with Crippen LogP contribution in [0.4, 0.5) is 9.59 Å². The van der Waals surface area contributed by atoms with Gasteiger partial charge in [0.15, 0.2) is 6.09 Å². The molecule has 2 aliphatic rings. The molecule has 3 rings (SSSR count). The summed E-state index contributed by atoms with van der Waals surface area (Å²) in [7, 11) is 0. The molecule has 0 bridgehead atoms. The minimum absolute atomic E-state index is 0.106. The number of urea groups is 1. The fourth-order valence-electron chi connectivity index (χ4n) is 3.93. The lowest BCUT2D eigenvalue weighted by Crippen LogP contribution is -2.67. The van der Waals surface area contributed by atoms with Gasteiger partial charge in [-0.15, -0.1) is 4.59 Å². The van der Waals surface area contributed by atoms with Gasteiger partial charge in [0, 0.05) is 17.7 Å². The molecule has 1 fully saturated rings.